The molecule has 1 amide bonds. The quantitative estimate of drug-likeness (QED) is 0.224. The molecule has 14 heteroatoms. The Morgan fingerprint density at radius 3 is 2.00 bits per heavy atom. The first-order valence-electron chi connectivity index (χ1n) is 14.8. The molecule has 0 spiro atoms. The average molecular weight is 688 g/mol. The molecule has 2 atom stereocenters. The van der Waals surface area contributed by atoms with Crippen molar-refractivity contribution in [2.45, 2.75) is 72.2 Å². The van der Waals surface area contributed by atoms with Gasteiger partial charge in [-0.3, -0.25) is 4.79 Å². The Labute approximate surface area is 266 Å². The smallest absolute Gasteiger partial charge is 0.390 e. The number of nitrogens with zero attached hydrogens (tertiary/aromatic N) is 1. The van der Waals surface area contributed by atoms with E-state index >= 15 is 0 Å². The predicted octanol–water partition coefficient (Wildman–Crippen LogP) is 6.65. The Balaban J connectivity index is 1.70. The average Bonchev–Trinajstić information content (AvgIpc) is 3.47. The summed E-state index contributed by atoms with van der Waals surface area (Å²) in [4.78, 5) is 14.8. The molecule has 1 heterocycles. The molecule has 5 rings (SSSR count). The van der Waals surface area contributed by atoms with Crippen molar-refractivity contribution < 1.29 is 54.2 Å². The zero-order valence-corrected chi connectivity index (χ0v) is 25.9. The molecule has 0 bridgehead atoms. The van der Waals surface area contributed by atoms with Gasteiger partial charge in [-0.15, -0.1) is 0 Å². The number of hydrogen-bond acceptors (Lipinski definition) is 5. The van der Waals surface area contributed by atoms with E-state index in [9.17, 15) is 54.2 Å². The Kier molecular flexibility index (Phi) is 8.81. The van der Waals surface area contributed by atoms with E-state index in [1.165, 1.54) is 35.2 Å². The molecule has 3 aromatic rings. The van der Waals surface area contributed by atoms with Gasteiger partial charge in [0.05, 0.1) is 10.5 Å². The van der Waals surface area contributed by atoms with Crippen LogP contribution in [0.2, 0.25) is 0 Å². The van der Waals surface area contributed by atoms with Crippen LogP contribution in [0.4, 0.5) is 30.7 Å². The van der Waals surface area contributed by atoms with Crippen molar-refractivity contribution in [3.63, 3.8) is 0 Å². The van der Waals surface area contributed by atoms with E-state index in [4.69, 9.17) is 0 Å². The molecule has 1 saturated heterocycles. The zero-order valence-electron chi connectivity index (χ0n) is 25.1. The number of piperidine rings is 1. The maximum absolute atomic E-state index is 14.5. The van der Waals surface area contributed by atoms with E-state index in [-0.39, 0.29) is 67.1 Å². The summed E-state index contributed by atoms with van der Waals surface area (Å²) < 4.78 is 125. The van der Waals surface area contributed by atoms with Crippen LogP contribution in [0.25, 0.3) is 11.1 Å². The molecular formula is C33H32F7NO5S. The van der Waals surface area contributed by atoms with Crippen LogP contribution < -0.4 is 0 Å². The minimum atomic E-state index is -6.21. The van der Waals surface area contributed by atoms with Crippen LogP contribution in [-0.4, -0.2) is 60.5 Å². The summed E-state index contributed by atoms with van der Waals surface area (Å²) >= 11 is 0. The molecule has 2 aliphatic rings. The topological polar surface area (TPSA) is 94.9 Å². The Hall–Kier alpha value is -3.49. The second-order valence-electron chi connectivity index (χ2n) is 12.5. The van der Waals surface area contributed by atoms with Crippen LogP contribution in [0.3, 0.4) is 0 Å². The molecule has 254 valence electrons. The third-order valence-corrected chi connectivity index (χ3v) is 12.0. The van der Waals surface area contributed by atoms with E-state index in [0.29, 0.717) is 6.07 Å². The molecule has 0 radical (unpaired) electrons. The maximum atomic E-state index is 14.5. The van der Waals surface area contributed by atoms with Gasteiger partial charge in [-0.25, -0.2) is 12.8 Å². The molecule has 6 nitrogen and oxygen atoms in total. The minimum Gasteiger partial charge on any atom is -0.390 e. The standard InChI is InChI=1S/C33H32F7NO5S/c1-29(43)15-17-41(18-16-29)28(42)22-13-14-30(20-22,47(45,46)25-10-8-24(34)9-11-25)23-7-12-27(26(19-23)21-5-3-2-4-6-21)31(44,32(35,36)37)33(38,39)40/h2-12,19,22,43-44H,13-18,20H2,1H3/t22-,30-/m0/s1. The van der Waals surface area contributed by atoms with Crippen molar-refractivity contribution in [1.82, 2.24) is 4.90 Å². The number of likely N-dealkylation sites (tertiary alicyclic amines) is 1. The van der Waals surface area contributed by atoms with Crippen molar-refractivity contribution in [3.05, 3.63) is 89.7 Å². The van der Waals surface area contributed by atoms with E-state index in [1.807, 2.05) is 0 Å². The highest BCUT2D eigenvalue weighted by Crippen LogP contribution is 2.55. The van der Waals surface area contributed by atoms with Gasteiger partial charge in [0.1, 0.15) is 10.6 Å². The van der Waals surface area contributed by atoms with Crippen molar-refractivity contribution in [2.24, 2.45) is 5.92 Å². The Bertz CT molecular complexity index is 1720. The van der Waals surface area contributed by atoms with E-state index in [1.54, 1.807) is 6.92 Å². The molecule has 0 aromatic heterocycles. The predicted molar refractivity (Wildman–Crippen MR) is 157 cm³/mol. The largest absolute Gasteiger partial charge is 0.430 e. The summed E-state index contributed by atoms with van der Waals surface area (Å²) in [7, 11) is -4.57. The van der Waals surface area contributed by atoms with Crippen LogP contribution in [0.5, 0.6) is 0 Å². The fourth-order valence-corrected chi connectivity index (χ4v) is 8.84. The zero-order chi connectivity index (χ0) is 34.6. The number of alkyl halides is 6. The number of carbonyl (C=O) groups excluding carboxylic acids is 1. The first-order chi connectivity index (χ1) is 21.7. The molecule has 2 N–H and O–H groups in total. The molecule has 47 heavy (non-hydrogen) atoms. The van der Waals surface area contributed by atoms with Gasteiger partial charge in [0.15, 0.2) is 9.84 Å². The lowest BCUT2D eigenvalue weighted by molar-refractivity contribution is -0.376. The SMILES string of the molecule is CC1(O)CCN(C(=O)[C@H]2CC[C@](c3ccc(C(O)(C(F)(F)F)C(F)(F)F)c(-c4ccccc4)c3)(S(=O)(=O)c3ccc(F)cc3)C2)CC1. The Morgan fingerprint density at radius 1 is 0.872 bits per heavy atom. The number of amides is 1. The number of sulfone groups is 1. The summed E-state index contributed by atoms with van der Waals surface area (Å²) in [5.74, 6) is -2.02. The van der Waals surface area contributed by atoms with Crippen molar-refractivity contribution in [1.29, 1.82) is 0 Å². The highest BCUT2D eigenvalue weighted by atomic mass is 32.2. The lowest BCUT2D eigenvalue weighted by Crippen LogP contribution is -2.54. The van der Waals surface area contributed by atoms with E-state index in [0.717, 1.165) is 36.4 Å². The third-order valence-electron chi connectivity index (χ3n) is 9.45. The number of hydrogen-bond donors (Lipinski definition) is 2. The van der Waals surface area contributed by atoms with Crippen molar-refractivity contribution in [3.8, 4) is 11.1 Å². The minimum absolute atomic E-state index is 0.0175. The molecule has 1 aliphatic carbocycles. The van der Waals surface area contributed by atoms with Gasteiger partial charge in [0, 0.05) is 24.6 Å². The highest BCUT2D eigenvalue weighted by Gasteiger charge is 2.72. The van der Waals surface area contributed by atoms with Gasteiger partial charge in [-0.05, 0) is 86.1 Å². The highest BCUT2D eigenvalue weighted by molar-refractivity contribution is 7.92. The summed E-state index contributed by atoms with van der Waals surface area (Å²) in [6, 6.07) is 12.6. The normalized spacial score (nSPS) is 22.3. The number of benzene rings is 3. The molecule has 1 saturated carbocycles. The Morgan fingerprint density at radius 2 is 1.45 bits per heavy atom. The van der Waals surface area contributed by atoms with Gasteiger partial charge in [0.2, 0.25) is 5.91 Å². The van der Waals surface area contributed by atoms with Gasteiger partial charge in [0.25, 0.3) is 5.60 Å². The van der Waals surface area contributed by atoms with Crippen molar-refractivity contribution in [2.75, 3.05) is 13.1 Å². The first kappa shape index (κ1) is 34.8. The maximum Gasteiger partial charge on any atom is 0.430 e. The van der Waals surface area contributed by atoms with Gasteiger partial charge >= 0.3 is 12.4 Å². The van der Waals surface area contributed by atoms with Gasteiger partial charge in [-0.2, -0.15) is 26.3 Å². The van der Waals surface area contributed by atoms with Crippen molar-refractivity contribution >= 4 is 15.7 Å². The van der Waals surface area contributed by atoms with Crippen LogP contribution >= 0.6 is 0 Å². The molecular weight excluding hydrogens is 655 g/mol. The fraction of sp³-hybridized carbons (Fsp3) is 0.424. The lowest BCUT2D eigenvalue weighted by atomic mass is 9.82. The summed E-state index contributed by atoms with van der Waals surface area (Å²) in [6.07, 6.45) is -12.4. The molecule has 3 aromatic carbocycles. The van der Waals surface area contributed by atoms with Crippen LogP contribution in [0.15, 0.2) is 77.7 Å². The summed E-state index contributed by atoms with van der Waals surface area (Å²) in [5.41, 5.74) is -8.89. The second kappa shape index (κ2) is 11.9. The van der Waals surface area contributed by atoms with Gasteiger partial charge in [-0.1, -0.05) is 42.5 Å². The van der Waals surface area contributed by atoms with E-state index < -0.39 is 61.0 Å². The molecule has 2 fully saturated rings. The fourth-order valence-electron chi connectivity index (χ4n) is 6.65. The van der Waals surface area contributed by atoms with Crippen LogP contribution in [0, 0.1) is 11.7 Å². The van der Waals surface area contributed by atoms with E-state index in [2.05, 4.69) is 0 Å². The van der Waals surface area contributed by atoms with Crippen LogP contribution in [-0.2, 0) is 25.0 Å². The molecule has 1 aliphatic heterocycles. The third kappa shape index (κ3) is 6.04. The van der Waals surface area contributed by atoms with Crippen LogP contribution in [0.1, 0.15) is 50.2 Å². The number of aliphatic hydroxyl groups is 2. The second-order valence-corrected chi connectivity index (χ2v) is 14.8. The monoisotopic (exact) mass is 687 g/mol. The first-order valence-corrected chi connectivity index (χ1v) is 16.3. The molecule has 0 unspecified atom stereocenters. The number of halogens is 7. The lowest BCUT2D eigenvalue weighted by Gasteiger charge is -2.37. The van der Waals surface area contributed by atoms with Gasteiger partial charge < -0.3 is 15.1 Å². The summed E-state index contributed by atoms with van der Waals surface area (Å²) in [5, 5.41) is 20.7. The number of rotatable bonds is 6. The summed E-state index contributed by atoms with van der Waals surface area (Å²) in [6.45, 7) is 2.05. The number of carbonyl (C=O) groups is 1.